The average molecular weight is 256 g/mol. The van der Waals surface area contributed by atoms with Crippen molar-refractivity contribution in [2.75, 3.05) is 11.9 Å². The Kier molecular flexibility index (Phi) is 3.77. The predicted octanol–water partition coefficient (Wildman–Crippen LogP) is 2.66. The second-order valence-electron chi connectivity index (χ2n) is 5.04. The Balaban J connectivity index is 1.49. The Morgan fingerprint density at radius 3 is 2.89 bits per heavy atom. The zero-order valence-electron chi connectivity index (χ0n) is 11.2. The number of rotatable bonds is 5. The molecule has 0 atom stereocenters. The van der Waals surface area contributed by atoms with Crippen molar-refractivity contribution >= 4 is 5.69 Å². The quantitative estimate of drug-likeness (QED) is 0.836. The molecule has 2 aromatic rings. The summed E-state index contributed by atoms with van der Waals surface area (Å²) in [7, 11) is 0. The molecule has 0 fully saturated rings. The van der Waals surface area contributed by atoms with Crippen molar-refractivity contribution in [3.8, 4) is 0 Å². The van der Waals surface area contributed by atoms with Crippen LogP contribution in [0.2, 0.25) is 0 Å². The van der Waals surface area contributed by atoms with Crippen LogP contribution in [0.15, 0.2) is 30.3 Å². The molecule has 1 aromatic carbocycles. The number of aromatic nitrogens is 3. The van der Waals surface area contributed by atoms with Crippen molar-refractivity contribution in [3.05, 3.63) is 42.0 Å². The molecule has 0 spiro atoms. The summed E-state index contributed by atoms with van der Waals surface area (Å²) in [5, 5.41) is 12.0. The molecule has 0 unspecified atom stereocenters. The van der Waals surface area contributed by atoms with E-state index in [1.807, 2.05) is 6.07 Å². The van der Waals surface area contributed by atoms with E-state index in [2.05, 4.69) is 44.3 Å². The Bertz CT molecular complexity index is 518. The lowest BCUT2D eigenvalue weighted by Crippen LogP contribution is -2.14. The summed E-state index contributed by atoms with van der Waals surface area (Å²) in [5.74, 6) is 2.34. The molecule has 0 radical (unpaired) electrons. The van der Waals surface area contributed by atoms with Crippen LogP contribution in [0.3, 0.4) is 0 Å². The highest BCUT2D eigenvalue weighted by atomic mass is 15.3. The van der Waals surface area contributed by atoms with E-state index in [-0.39, 0.29) is 0 Å². The molecule has 2 heterocycles. The maximum Gasteiger partial charge on any atom is 0.133 e. The van der Waals surface area contributed by atoms with Crippen LogP contribution in [-0.2, 0) is 19.4 Å². The van der Waals surface area contributed by atoms with Crippen molar-refractivity contribution in [3.63, 3.8) is 0 Å². The first-order chi connectivity index (χ1) is 9.43. The third-order valence-electron chi connectivity index (χ3n) is 3.62. The standard InChI is InChI=1S/C15H20N4/c1-2-7-13(8-3-1)16-11-6-10-15-18-17-14-9-4-5-12-19(14)15/h1-3,7-8,16H,4-6,9-12H2. The Labute approximate surface area is 113 Å². The minimum Gasteiger partial charge on any atom is -0.385 e. The number of nitrogens with zero attached hydrogens (tertiary/aromatic N) is 3. The van der Waals surface area contributed by atoms with Crippen molar-refractivity contribution in [2.24, 2.45) is 0 Å². The van der Waals surface area contributed by atoms with Gasteiger partial charge in [0, 0.05) is 31.6 Å². The summed E-state index contributed by atoms with van der Waals surface area (Å²) >= 11 is 0. The third-order valence-corrected chi connectivity index (χ3v) is 3.62. The van der Waals surface area contributed by atoms with Crippen LogP contribution in [0.25, 0.3) is 0 Å². The molecule has 1 aliphatic rings. The molecule has 4 nitrogen and oxygen atoms in total. The number of hydrogen-bond donors (Lipinski definition) is 1. The van der Waals surface area contributed by atoms with E-state index >= 15 is 0 Å². The van der Waals surface area contributed by atoms with Crippen molar-refractivity contribution < 1.29 is 0 Å². The molecule has 4 heteroatoms. The number of para-hydroxylation sites is 1. The Morgan fingerprint density at radius 1 is 1.11 bits per heavy atom. The number of anilines is 1. The van der Waals surface area contributed by atoms with Crippen LogP contribution in [0.1, 0.15) is 30.9 Å². The van der Waals surface area contributed by atoms with E-state index in [9.17, 15) is 0 Å². The van der Waals surface area contributed by atoms with Gasteiger partial charge in [-0.25, -0.2) is 0 Å². The van der Waals surface area contributed by atoms with E-state index in [0.717, 1.165) is 38.2 Å². The van der Waals surface area contributed by atoms with Crippen LogP contribution in [0.5, 0.6) is 0 Å². The smallest absolute Gasteiger partial charge is 0.133 e. The maximum atomic E-state index is 4.33. The average Bonchev–Trinajstić information content (AvgIpc) is 2.88. The van der Waals surface area contributed by atoms with E-state index in [1.54, 1.807) is 0 Å². The first-order valence-corrected chi connectivity index (χ1v) is 7.13. The minimum absolute atomic E-state index is 0.978. The third kappa shape index (κ3) is 2.95. The number of benzene rings is 1. The number of nitrogens with one attached hydrogen (secondary N) is 1. The van der Waals surface area contributed by atoms with Gasteiger partial charge < -0.3 is 9.88 Å². The second-order valence-corrected chi connectivity index (χ2v) is 5.04. The fourth-order valence-electron chi connectivity index (χ4n) is 2.59. The first-order valence-electron chi connectivity index (χ1n) is 7.13. The van der Waals surface area contributed by atoms with Gasteiger partial charge in [0.25, 0.3) is 0 Å². The van der Waals surface area contributed by atoms with E-state index < -0.39 is 0 Å². The van der Waals surface area contributed by atoms with Crippen molar-refractivity contribution in [1.82, 2.24) is 14.8 Å². The molecule has 19 heavy (non-hydrogen) atoms. The lowest BCUT2D eigenvalue weighted by atomic mass is 10.1. The summed E-state index contributed by atoms with van der Waals surface area (Å²) in [6.07, 6.45) is 5.71. The van der Waals surface area contributed by atoms with Gasteiger partial charge in [0.2, 0.25) is 0 Å². The van der Waals surface area contributed by atoms with Crippen LogP contribution < -0.4 is 5.32 Å². The van der Waals surface area contributed by atoms with Gasteiger partial charge in [-0.05, 0) is 31.4 Å². The Hall–Kier alpha value is -1.84. The largest absolute Gasteiger partial charge is 0.385 e. The van der Waals surface area contributed by atoms with Crippen LogP contribution in [-0.4, -0.2) is 21.3 Å². The summed E-state index contributed by atoms with van der Waals surface area (Å²) in [6.45, 7) is 2.08. The topological polar surface area (TPSA) is 42.7 Å². The van der Waals surface area contributed by atoms with Crippen LogP contribution in [0.4, 0.5) is 5.69 Å². The van der Waals surface area contributed by atoms with Gasteiger partial charge in [-0.3, -0.25) is 0 Å². The van der Waals surface area contributed by atoms with Gasteiger partial charge in [0.1, 0.15) is 11.6 Å². The van der Waals surface area contributed by atoms with Gasteiger partial charge in [-0.15, -0.1) is 10.2 Å². The summed E-state index contributed by atoms with van der Waals surface area (Å²) in [5.41, 5.74) is 1.19. The number of hydrogen-bond acceptors (Lipinski definition) is 3. The first kappa shape index (κ1) is 12.2. The SMILES string of the molecule is c1ccc(NCCCc2nnc3n2CCCC3)cc1. The van der Waals surface area contributed by atoms with E-state index in [0.29, 0.717) is 0 Å². The molecule has 0 bridgehead atoms. The number of aryl methyl sites for hydroxylation is 2. The van der Waals surface area contributed by atoms with Gasteiger partial charge >= 0.3 is 0 Å². The summed E-state index contributed by atoms with van der Waals surface area (Å²) in [4.78, 5) is 0. The molecule has 1 N–H and O–H groups in total. The molecule has 1 aromatic heterocycles. The highest BCUT2D eigenvalue weighted by molar-refractivity contribution is 5.42. The molecule has 0 saturated carbocycles. The van der Waals surface area contributed by atoms with Crippen molar-refractivity contribution in [2.45, 2.75) is 38.6 Å². The zero-order chi connectivity index (χ0) is 12.9. The summed E-state index contributed by atoms with van der Waals surface area (Å²) in [6, 6.07) is 10.3. The highest BCUT2D eigenvalue weighted by Crippen LogP contribution is 2.15. The van der Waals surface area contributed by atoms with Crippen LogP contribution >= 0.6 is 0 Å². The zero-order valence-corrected chi connectivity index (χ0v) is 11.2. The van der Waals surface area contributed by atoms with Crippen molar-refractivity contribution in [1.29, 1.82) is 0 Å². The van der Waals surface area contributed by atoms with Gasteiger partial charge in [0.15, 0.2) is 0 Å². The second kappa shape index (κ2) is 5.87. The molecule has 100 valence electrons. The van der Waals surface area contributed by atoms with E-state index in [1.165, 1.54) is 24.4 Å². The van der Waals surface area contributed by atoms with Crippen LogP contribution in [0, 0.1) is 0 Å². The monoisotopic (exact) mass is 256 g/mol. The highest BCUT2D eigenvalue weighted by Gasteiger charge is 2.14. The molecular formula is C15H20N4. The fourth-order valence-corrected chi connectivity index (χ4v) is 2.59. The van der Waals surface area contributed by atoms with Gasteiger partial charge in [-0.1, -0.05) is 18.2 Å². The molecular weight excluding hydrogens is 236 g/mol. The van der Waals surface area contributed by atoms with Gasteiger partial charge in [0.05, 0.1) is 0 Å². The minimum atomic E-state index is 0.978. The lowest BCUT2D eigenvalue weighted by molar-refractivity contribution is 0.505. The fraction of sp³-hybridized carbons (Fsp3) is 0.467. The molecule has 0 saturated heterocycles. The molecule has 0 aliphatic carbocycles. The lowest BCUT2D eigenvalue weighted by Gasteiger charge is -2.14. The number of fused-ring (bicyclic) bond motifs is 1. The summed E-state index contributed by atoms with van der Waals surface area (Å²) < 4.78 is 2.31. The Morgan fingerprint density at radius 2 is 2.00 bits per heavy atom. The van der Waals surface area contributed by atoms with E-state index in [4.69, 9.17) is 0 Å². The van der Waals surface area contributed by atoms with Gasteiger partial charge in [-0.2, -0.15) is 0 Å². The molecule has 1 aliphatic heterocycles. The molecule has 3 rings (SSSR count). The predicted molar refractivity (Wildman–Crippen MR) is 76.2 cm³/mol. The molecule has 0 amide bonds. The normalized spacial score (nSPS) is 14.1. The maximum absolute atomic E-state index is 4.33.